The normalized spacial score (nSPS) is 21.2. The van der Waals surface area contributed by atoms with Gasteiger partial charge in [-0.3, -0.25) is 9.69 Å². The molecule has 0 radical (unpaired) electrons. The van der Waals surface area contributed by atoms with Gasteiger partial charge in [-0.1, -0.05) is 6.92 Å². The van der Waals surface area contributed by atoms with Gasteiger partial charge in [0.1, 0.15) is 5.60 Å². The standard InChI is InChI=1S/C13H23NO3/c1-5-11(15)10-8-6-7-9-14(10)12(16)17-13(2,3)4/h10H,5-9H2,1-4H3/t10-/m0/s1. The Kier molecular flexibility index (Phi) is 4.54. The molecule has 98 valence electrons. The lowest BCUT2D eigenvalue weighted by Gasteiger charge is -2.35. The van der Waals surface area contributed by atoms with E-state index in [-0.39, 0.29) is 17.9 Å². The highest BCUT2D eigenvalue weighted by molar-refractivity contribution is 5.87. The highest BCUT2D eigenvalue weighted by Gasteiger charge is 2.33. The van der Waals surface area contributed by atoms with Gasteiger partial charge in [-0.05, 0) is 40.0 Å². The highest BCUT2D eigenvalue weighted by atomic mass is 16.6. The van der Waals surface area contributed by atoms with Gasteiger partial charge in [-0.25, -0.2) is 4.79 Å². The van der Waals surface area contributed by atoms with Gasteiger partial charge < -0.3 is 4.74 Å². The van der Waals surface area contributed by atoms with E-state index in [0.717, 1.165) is 19.3 Å². The zero-order valence-electron chi connectivity index (χ0n) is 11.3. The highest BCUT2D eigenvalue weighted by Crippen LogP contribution is 2.21. The molecule has 0 saturated carbocycles. The summed E-state index contributed by atoms with van der Waals surface area (Å²) in [5.74, 6) is 0.135. The van der Waals surface area contributed by atoms with Crippen LogP contribution in [0.15, 0.2) is 0 Å². The predicted octanol–water partition coefficient (Wildman–Crippen LogP) is 2.76. The largest absolute Gasteiger partial charge is 0.444 e. The Morgan fingerprint density at radius 3 is 2.47 bits per heavy atom. The minimum atomic E-state index is -0.506. The van der Waals surface area contributed by atoms with Crippen LogP contribution < -0.4 is 0 Å². The molecule has 1 aliphatic rings. The summed E-state index contributed by atoms with van der Waals surface area (Å²) in [5.41, 5.74) is -0.506. The quantitative estimate of drug-likeness (QED) is 0.746. The Bertz CT molecular complexity index is 294. The van der Waals surface area contributed by atoms with Gasteiger partial charge in [0.05, 0.1) is 6.04 Å². The SMILES string of the molecule is CCC(=O)[C@@H]1CCCCN1C(=O)OC(C)(C)C. The van der Waals surface area contributed by atoms with Crippen LogP contribution in [0.2, 0.25) is 0 Å². The second-order valence-electron chi connectivity index (χ2n) is 5.51. The van der Waals surface area contributed by atoms with E-state index >= 15 is 0 Å². The van der Waals surface area contributed by atoms with E-state index in [1.54, 1.807) is 4.90 Å². The summed E-state index contributed by atoms with van der Waals surface area (Å²) in [5, 5.41) is 0. The third kappa shape index (κ3) is 4.02. The zero-order chi connectivity index (χ0) is 13.1. The molecule has 4 heteroatoms. The lowest BCUT2D eigenvalue weighted by molar-refractivity contribution is -0.125. The number of likely N-dealkylation sites (tertiary alicyclic amines) is 1. The maximum absolute atomic E-state index is 12.0. The van der Waals surface area contributed by atoms with E-state index in [1.165, 1.54) is 0 Å². The molecule has 0 aromatic heterocycles. The molecule has 1 amide bonds. The molecule has 1 atom stereocenters. The summed E-state index contributed by atoms with van der Waals surface area (Å²) < 4.78 is 5.34. The average molecular weight is 241 g/mol. The summed E-state index contributed by atoms with van der Waals surface area (Å²) >= 11 is 0. The number of carbonyl (C=O) groups is 2. The fourth-order valence-electron chi connectivity index (χ4n) is 2.04. The molecule has 0 spiro atoms. The van der Waals surface area contributed by atoms with Gasteiger partial charge in [0.15, 0.2) is 5.78 Å². The first-order valence-corrected chi connectivity index (χ1v) is 6.37. The number of amides is 1. The van der Waals surface area contributed by atoms with Gasteiger partial charge >= 0.3 is 6.09 Å². The van der Waals surface area contributed by atoms with Gasteiger partial charge in [0, 0.05) is 13.0 Å². The molecule has 0 aromatic carbocycles. The van der Waals surface area contributed by atoms with Crippen LogP contribution in [-0.2, 0) is 9.53 Å². The molecule has 0 bridgehead atoms. The van der Waals surface area contributed by atoms with Gasteiger partial charge in [-0.15, -0.1) is 0 Å². The zero-order valence-corrected chi connectivity index (χ0v) is 11.3. The Hall–Kier alpha value is -1.06. The van der Waals surface area contributed by atoms with Crippen LogP contribution in [0.5, 0.6) is 0 Å². The van der Waals surface area contributed by atoms with Crippen molar-refractivity contribution >= 4 is 11.9 Å². The molecular formula is C13H23NO3. The van der Waals surface area contributed by atoms with E-state index in [4.69, 9.17) is 4.74 Å². The Balaban J connectivity index is 2.71. The number of nitrogens with zero attached hydrogens (tertiary/aromatic N) is 1. The fourth-order valence-corrected chi connectivity index (χ4v) is 2.04. The van der Waals surface area contributed by atoms with Crippen LogP contribution in [0.1, 0.15) is 53.4 Å². The molecule has 17 heavy (non-hydrogen) atoms. The number of rotatable bonds is 2. The van der Waals surface area contributed by atoms with Crippen molar-refractivity contribution < 1.29 is 14.3 Å². The molecule has 1 rings (SSSR count). The van der Waals surface area contributed by atoms with Crippen molar-refractivity contribution in [3.63, 3.8) is 0 Å². The summed E-state index contributed by atoms with van der Waals surface area (Å²) in [4.78, 5) is 25.4. The van der Waals surface area contributed by atoms with Crippen molar-refractivity contribution in [2.24, 2.45) is 0 Å². The van der Waals surface area contributed by atoms with Crippen LogP contribution in [0, 0.1) is 0 Å². The number of hydrogen-bond acceptors (Lipinski definition) is 3. The van der Waals surface area contributed by atoms with Gasteiger partial charge in [-0.2, -0.15) is 0 Å². The second-order valence-corrected chi connectivity index (χ2v) is 5.51. The molecule has 4 nitrogen and oxygen atoms in total. The number of hydrogen-bond donors (Lipinski definition) is 0. The van der Waals surface area contributed by atoms with E-state index in [9.17, 15) is 9.59 Å². The maximum atomic E-state index is 12.0. The lowest BCUT2D eigenvalue weighted by atomic mass is 9.98. The smallest absolute Gasteiger partial charge is 0.410 e. The summed E-state index contributed by atoms with van der Waals surface area (Å²) in [6.45, 7) is 7.98. The molecule has 0 aliphatic carbocycles. The van der Waals surface area contributed by atoms with E-state index in [1.807, 2.05) is 27.7 Å². The molecule has 1 heterocycles. The molecular weight excluding hydrogens is 218 g/mol. The minimum absolute atomic E-state index is 0.135. The summed E-state index contributed by atoms with van der Waals surface area (Å²) in [6.07, 6.45) is 2.85. The first-order valence-electron chi connectivity index (χ1n) is 6.37. The number of piperidine rings is 1. The molecule has 0 aromatic rings. The van der Waals surface area contributed by atoms with Crippen molar-refractivity contribution in [2.75, 3.05) is 6.54 Å². The average Bonchev–Trinajstić information content (AvgIpc) is 2.25. The fraction of sp³-hybridized carbons (Fsp3) is 0.846. The first-order chi connectivity index (χ1) is 7.85. The Labute approximate surface area is 103 Å². The second kappa shape index (κ2) is 5.52. The summed E-state index contributed by atoms with van der Waals surface area (Å²) in [7, 11) is 0. The molecule has 1 fully saturated rings. The lowest BCUT2D eigenvalue weighted by Crippen LogP contribution is -2.49. The number of ether oxygens (including phenoxy) is 1. The number of carbonyl (C=O) groups excluding carboxylic acids is 2. The van der Waals surface area contributed by atoms with Crippen LogP contribution >= 0.6 is 0 Å². The predicted molar refractivity (Wildman–Crippen MR) is 65.9 cm³/mol. The third-order valence-electron chi connectivity index (χ3n) is 2.85. The van der Waals surface area contributed by atoms with E-state index in [0.29, 0.717) is 13.0 Å². The van der Waals surface area contributed by atoms with Crippen molar-refractivity contribution in [2.45, 2.75) is 65.0 Å². The van der Waals surface area contributed by atoms with Crippen LogP contribution in [0.4, 0.5) is 4.79 Å². The molecule has 1 saturated heterocycles. The van der Waals surface area contributed by atoms with Crippen molar-refractivity contribution in [1.29, 1.82) is 0 Å². The van der Waals surface area contributed by atoms with Gasteiger partial charge in [0.25, 0.3) is 0 Å². The third-order valence-corrected chi connectivity index (χ3v) is 2.85. The Morgan fingerprint density at radius 2 is 1.94 bits per heavy atom. The van der Waals surface area contributed by atoms with Crippen molar-refractivity contribution in [3.8, 4) is 0 Å². The molecule has 0 unspecified atom stereocenters. The first kappa shape index (κ1) is 14.0. The van der Waals surface area contributed by atoms with Crippen LogP contribution in [0.25, 0.3) is 0 Å². The minimum Gasteiger partial charge on any atom is -0.444 e. The topological polar surface area (TPSA) is 46.6 Å². The monoisotopic (exact) mass is 241 g/mol. The van der Waals surface area contributed by atoms with E-state index < -0.39 is 5.60 Å². The Morgan fingerprint density at radius 1 is 1.29 bits per heavy atom. The van der Waals surface area contributed by atoms with Gasteiger partial charge in [0.2, 0.25) is 0 Å². The molecule has 0 N–H and O–H groups in total. The van der Waals surface area contributed by atoms with Crippen LogP contribution in [-0.4, -0.2) is 35.0 Å². The maximum Gasteiger partial charge on any atom is 0.410 e. The number of Topliss-reactive ketones (excluding diaryl/α,β-unsaturated/α-hetero) is 1. The van der Waals surface area contributed by atoms with E-state index in [2.05, 4.69) is 0 Å². The molecule has 1 aliphatic heterocycles. The van der Waals surface area contributed by atoms with Crippen LogP contribution in [0.3, 0.4) is 0 Å². The summed E-state index contributed by atoms with van der Waals surface area (Å²) in [6, 6.07) is -0.274. The number of ketones is 1. The van der Waals surface area contributed by atoms with Crippen molar-refractivity contribution in [3.05, 3.63) is 0 Å². The van der Waals surface area contributed by atoms with Crippen molar-refractivity contribution in [1.82, 2.24) is 4.90 Å².